The number of nitrogens with one attached hydrogen (secondary N) is 1. The molecule has 2 aromatic rings. The van der Waals surface area contributed by atoms with Crippen molar-refractivity contribution >= 4 is 27.6 Å². The zero-order valence-electron chi connectivity index (χ0n) is 16.1. The molecule has 0 fully saturated rings. The number of carbonyl (C=O) groups is 2. The topological polar surface area (TPSA) is 92.8 Å². The molecule has 0 atom stereocenters. The van der Waals surface area contributed by atoms with Gasteiger partial charge in [-0.3, -0.25) is 9.59 Å². The molecule has 11 heteroatoms. The van der Waals surface area contributed by atoms with E-state index in [4.69, 9.17) is 4.74 Å². The van der Waals surface area contributed by atoms with E-state index in [0.717, 1.165) is 34.1 Å². The van der Waals surface area contributed by atoms with Gasteiger partial charge in [0.15, 0.2) is 6.61 Å². The second-order valence-corrected chi connectivity index (χ2v) is 8.40. The minimum absolute atomic E-state index is 0.00319. The van der Waals surface area contributed by atoms with Crippen molar-refractivity contribution in [1.82, 2.24) is 4.31 Å². The van der Waals surface area contributed by atoms with Crippen LogP contribution in [0.1, 0.15) is 11.1 Å². The molecule has 0 spiro atoms. The summed E-state index contributed by atoms with van der Waals surface area (Å²) in [5.74, 6) is -1.75. The molecule has 2 rings (SSSR count). The average Bonchev–Trinajstić information content (AvgIpc) is 2.66. The smallest absolute Gasteiger partial charge is 0.416 e. The molecule has 0 unspecified atom stereocenters. The Kier molecular flexibility index (Phi) is 7.21. The first-order chi connectivity index (χ1) is 13.9. The lowest BCUT2D eigenvalue weighted by molar-refractivity contribution is -0.147. The summed E-state index contributed by atoms with van der Waals surface area (Å²) in [6.07, 6.45) is -4.50. The predicted molar refractivity (Wildman–Crippen MR) is 102 cm³/mol. The number of alkyl halides is 3. The highest BCUT2D eigenvalue weighted by Crippen LogP contribution is 2.29. The van der Waals surface area contributed by atoms with Crippen molar-refractivity contribution in [3.8, 4) is 0 Å². The van der Waals surface area contributed by atoms with Crippen molar-refractivity contribution < 1.29 is 35.9 Å². The first-order valence-corrected chi connectivity index (χ1v) is 9.99. The van der Waals surface area contributed by atoms with Crippen LogP contribution in [-0.2, 0) is 30.5 Å². The number of hydrogen-bond acceptors (Lipinski definition) is 5. The van der Waals surface area contributed by atoms with Crippen molar-refractivity contribution in [2.24, 2.45) is 0 Å². The van der Waals surface area contributed by atoms with Crippen LogP contribution in [0.15, 0.2) is 53.4 Å². The van der Waals surface area contributed by atoms with Gasteiger partial charge in [0.2, 0.25) is 10.0 Å². The van der Waals surface area contributed by atoms with Gasteiger partial charge in [-0.1, -0.05) is 17.7 Å². The second kappa shape index (κ2) is 9.26. The number of carbonyl (C=O) groups excluding carboxylic acids is 2. The lowest BCUT2D eigenvalue weighted by atomic mass is 10.2. The maximum Gasteiger partial charge on any atom is 0.416 e. The molecule has 0 saturated carbocycles. The summed E-state index contributed by atoms with van der Waals surface area (Å²) in [7, 11) is -2.72. The van der Waals surface area contributed by atoms with E-state index in [2.05, 4.69) is 5.32 Å². The van der Waals surface area contributed by atoms with Gasteiger partial charge in [-0.25, -0.2) is 8.42 Å². The Morgan fingerprint density at radius 1 is 1.03 bits per heavy atom. The summed E-state index contributed by atoms with van der Waals surface area (Å²) in [5, 5.41) is 2.28. The molecule has 162 valence electrons. The number of benzene rings is 2. The fourth-order valence-corrected chi connectivity index (χ4v) is 3.40. The Morgan fingerprint density at radius 3 is 2.13 bits per heavy atom. The van der Waals surface area contributed by atoms with Crippen LogP contribution in [0.3, 0.4) is 0 Å². The number of rotatable bonds is 7. The van der Waals surface area contributed by atoms with Crippen LogP contribution in [0.2, 0.25) is 0 Å². The molecule has 30 heavy (non-hydrogen) atoms. The molecule has 1 N–H and O–H groups in total. The highest BCUT2D eigenvalue weighted by molar-refractivity contribution is 7.89. The number of esters is 1. The molecule has 2 aromatic carbocycles. The molecule has 0 aromatic heterocycles. The highest BCUT2D eigenvalue weighted by Gasteiger charge is 2.30. The minimum Gasteiger partial charge on any atom is -0.455 e. The second-order valence-electron chi connectivity index (χ2n) is 6.36. The van der Waals surface area contributed by atoms with Crippen molar-refractivity contribution in [1.29, 1.82) is 0 Å². The van der Waals surface area contributed by atoms with Gasteiger partial charge in [0.1, 0.15) is 6.54 Å². The van der Waals surface area contributed by atoms with Gasteiger partial charge in [0.25, 0.3) is 5.91 Å². The monoisotopic (exact) mass is 444 g/mol. The number of ether oxygens (including phenoxy) is 1. The van der Waals surface area contributed by atoms with Crippen LogP contribution in [0.25, 0.3) is 0 Å². The number of nitrogens with zero attached hydrogens (tertiary/aromatic N) is 1. The third kappa shape index (κ3) is 6.29. The van der Waals surface area contributed by atoms with Crippen LogP contribution in [0.5, 0.6) is 0 Å². The number of amides is 1. The van der Waals surface area contributed by atoms with Gasteiger partial charge in [-0.05, 0) is 43.3 Å². The minimum atomic E-state index is -4.50. The largest absolute Gasteiger partial charge is 0.455 e. The van der Waals surface area contributed by atoms with E-state index in [1.165, 1.54) is 19.2 Å². The highest BCUT2D eigenvalue weighted by atomic mass is 32.2. The number of anilines is 1. The van der Waals surface area contributed by atoms with Crippen molar-refractivity contribution in [3.63, 3.8) is 0 Å². The molecule has 1 amide bonds. The van der Waals surface area contributed by atoms with Gasteiger partial charge >= 0.3 is 12.1 Å². The maximum absolute atomic E-state index is 12.5. The number of hydrogen-bond donors (Lipinski definition) is 1. The van der Waals surface area contributed by atoms with Crippen LogP contribution in [-0.4, -0.2) is 44.8 Å². The molecular weight excluding hydrogens is 425 g/mol. The molecule has 0 aliphatic rings. The van der Waals surface area contributed by atoms with E-state index in [1.807, 2.05) is 0 Å². The number of aryl methyl sites for hydroxylation is 1. The summed E-state index contributed by atoms with van der Waals surface area (Å²) >= 11 is 0. The van der Waals surface area contributed by atoms with Crippen LogP contribution in [0.4, 0.5) is 18.9 Å². The van der Waals surface area contributed by atoms with E-state index < -0.39 is 46.8 Å². The Balaban J connectivity index is 1.86. The SMILES string of the molecule is Cc1ccc(S(=O)(=O)N(C)CC(=O)OCC(=O)Nc2ccc(C(F)(F)F)cc2)cc1. The molecule has 0 aliphatic carbocycles. The first kappa shape index (κ1) is 23.4. The fourth-order valence-electron chi connectivity index (χ4n) is 2.29. The predicted octanol–water partition coefficient (Wildman–Crippen LogP) is 2.82. The molecule has 0 radical (unpaired) electrons. The Labute approximate surface area is 171 Å². The standard InChI is InChI=1S/C19H19F3N2O5S/c1-13-3-9-16(10-4-13)30(27,28)24(2)11-18(26)29-12-17(25)23-15-7-5-14(6-8-15)19(20,21)22/h3-10H,11-12H2,1-2H3,(H,23,25). The van der Waals surface area contributed by atoms with Gasteiger partial charge in [0, 0.05) is 12.7 Å². The summed E-state index contributed by atoms with van der Waals surface area (Å²) in [6.45, 7) is 0.454. The summed E-state index contributed by atoms with van der Waals surface area (Å²) in [5.41, 5.74) is 0.0861. The van der Waals surface area contributed by atoms with E-state index >= 15 is 0 Å². The normalized spacial score (nSPS) is 11.9. The molecule has 0 heterocycles. The number of halogens is 3. The molecule has 0 aliphatic heterocycles. The quantitative estimate of drug-likeness (QED) is 0.663. The summed E-state index contributed by atoms with van der Waals surface area (Å²) in [6, 6.07) is 9.76. The third-order valence-electron chi connectivity index (χ3n) is 3.94. The van der Waals surface area contributed by atoms with E-state index in [0.29, 0.717) is 0 Å². The van der Waals surface area contributed by atoms with Crippen LogP contribution >= 0.6 is 0 Å². The van der Waals surface area contributed by atoms with E-state index in [-0.39, 0.29) is 10.6 Å². The van der Waals surface area contributed by atoms with Crippen molar-refractivity contribution in [3.05, 3.63) is 59.7 Å². The summed E-state index contributed by atoms with van der Waals surface area (Å²) in [4.78, 5) is 23.7. The van der Waals surface area contributed by atoms with E-state index in [1.54, 1.807) is 19.1 Å². The Morgan fingerprint density at radius 2 is 1.60 bits per heavy atom. The lowest BCUT2D eigenvalue weighted by Crippen LogP contribution is -2.34. The molecule has 0 saturated heterocycles. The zero-order valence-corrected chi connectivity index (χ0v) is 16.9. The summed E-state index contributed by atoms with van der Waals surface area (Å²) < 4.78 is 67.9. The third-order valence-corrected chi connectivity index (χ3v) is 5.76. The van der Waals surface area contributed by atoms with Crippen LogP contribution in [0, 0.1) is 6.92 Å². The Bertz CT molecular complexity index is 1000. The fraction of sp³-hybridized carbons (Fsp3) is 0.263. The van der Waals surface area contributed by atoms with E-state index in [9.17, 15) is 31.2 Å². The van der Waals surface area contributed by atoms with Crippen molar-refractivity contribution in [2.45, 2.75) is 18.0 Å². The molecular formula is C19H19F3N2O5S. The maximum atomic E-state index is 12.5. The van der Waals surface area contributed by atoms with Crippen LogP contribution < -0.4 is 5.32 Å². The van der Waals surface area contributed by atoms with Gasteiger partial charge in [0.05, 0.1) is 10.5 Å². The van der Waals surface area contributed by atoms with Crippen molar-refractivity contribution in [2.75, 3.05) is 25.5 Å². The Hall–Kier alpha value is -2.92. The lowest BCUT2D eigenvalue weighted by Gasteiger charge is -2.16. The average molecular weight is 444 g/mol. The molecule has 7 nitrogen and oxygen atoms in total. The first-order valence-electron chi connectivity index (χ1n) is 8.55. The number of sulfonamides is 1. The number of likely N-dealkylation sites (N-methyl/N-ethyl adjacent to an activating group) is 1. The van der Waals surface area contributed by atoms with Gasteiger partial charge in [-0.2, -0.15) is 17.5 Å². The molecule has 0 bridgehead atoms. The van der Waals surface area contributed by atoms with Gasteiger partial charge < -0.3 is 10.1 Å². The zero-order chi connectivity index (χ0) is 22.5. The van der Waals surface area contributed by atoms with Gasteiger partial charge in [-0.15, -0.1) is 0 Å².